The fourth-order valence-corrected chi connectivity index (χ4v) is 2.76. The van der Waals surface area contributed by atoms with Crippen LogP contribution in [0.25, 0.3) is 11.0 Å². The maximum Gasteiger partial charge on any atom is 0.262 e. The molecular weight excluding hydrogens is 357 g/mol. The minimum atomic E-state index is -0.416. The highest BCUT2D eigenvalue weighted by molar-refractivity contribution is 6.04. The van der Waals surface area contributed by atoms with Gasteiger partial charge in [0.25, 0.3) is 5.91 Å². The average Bonchev–Trinajstić information content (AvgIpc) is 2.71. The molecule has 0 radical (unpaired) electrons. The van der Waals surface area contributed by atoms with Gasteiger partial charge >= 0.3 is 0 Å². The first-order valence-corrected chi connectivity index (χ1v) is 8.67. The summed E-state index contributed by atoms with van der Waals surface area (Å²) in [5.74, 6) is -0.379. The summed E-state index contributed by atoms with van der Waals surface area (Å²) in [6, 6.07) is 18.8. The Kier molecular flexibility index (Phi) is 4.68. The minimum absolute atomic E-state index is 0.0980. The number of halogens is 1. The van der Waals surface area contributed by atoms with Crippen molar-refractivity contribution < 1.29 is 13.6 Å². The van der Waals surface area contributed by atoms with Gasteiger partial charge in [-0.2, -0.15) is 0 Å². The Morgan fingerprint density at radius 3 is 2.71 bits per heavy atom. The number of benzene rings is 2. The third-order valence-electron chi connectivity index (χ3n) is 4.27. The summed E-state index contributed by atoms with van der Waals surface area (Å²) >= 11 is 0. The van der Waals surface area contributed by atoms with E-state index in [9.17, 15) is 9.18 Å². The predicted molar refractivity (Wildman–Crippen MR) is 105 cm³/mol. The van der Waals surface area contributed by atoms with Crippen LogP contribution in [0.1, 0.15) is 15.9 Å². The van der Waals surface area contributed by atoms with Crippen LogP contribution < -0.4 is 10.9 Å². The van der Waals surface area contributed by atoms with Gasteiger partial charge in [0, 0.05) is 17.1 Å². The van der Waals surface area contributed by atoms with Crippen molar-refractivity contribution in [3.05, 3.63) is 95.4 Å². The van der Waals surface area contributed by atoms with Crippen LogP contribution in [-0.4, -0.2) is 10.9 Å². The van der Waals surface area contributed by atoms with E-state index in [0.29, 0.717) is 22.7 Å². The molecule has 4 rings (SSSR count). The predicted octanol–water partition coefficient (Wildman–Crippen LogP) is 4.76. The number of nitrogens with zero attached hydrogens (tertiary/aromatic N) is 2. The van der Waals surface area contributed by atoms with Crippen molar-refractivity contribution in [1.29, 1.82) is 0 Å². The van der Waals surface area contributed by atoms with Gasteiger partial charge in [-0.1, -0.05) is 30.3 Å². The van der Waals surface area contributed by atoms with E-state index in [0.717, 1.165) is 5.39 Å². The first-order chi connectivity index (χ1) is 13.6. The Morgan fingerprint density at radius 1 is 1.07 bits per heavy atom. The topological polar surface area (TPSA) is 67.5 Å². The molecule has 0 aliphatic rings. The largest absolute Gasteiger partial charge is 0.438 e. The van der Waals surface area contributed by atoms with Crippen molar-refractivity contribution in [3.63, 3.8) is 0 Å². The van der Waals surface area contributed by atoms with Gasteiger partial charge in [0.2, 0.25) is 5.55 Å². The number of para-hydroxylation sites is 1. The molecule has 0 bridgehead atoms. The van der Waals surface area contributed by atoms with E-state index in [2.05, 4.69) is 15.3 Å². The fourth-order valence-electron chi connectivity index (χ4n) is 2.76. The molecule has 0 atom stereocenters. The van der Waals surface area contributed by atoms with Crippen LogP contribution in [0.4, 0.5) is 15.9 Å². The van der Waals surface area contributed by atoms with Crippen LogP contribution in [0.5, 0.6) is 0 Å². The zero-order chi connectivity index (χ0) is 19.5. The highest BCUT2D eigenvalue weighted by atomic mass is 19.1. The molecule has 5 nitrogen and oxygen atoms in total. The fraction of sp³-hybridized carbons (Fsp3) is 0.0455. The molecule has 2 heterocycles. The van der Waals surface area contributed by atoms with Crippen LogP contribution in [0.2, 0.25) is 0 Å². The summed E-state index contributed by atoms with van der Waals surface area (Å²) in [5.41, 5.74) is 1.67. The van der Waals surface area contributed by atoms with E-state index in [1.807, 2.05) is 18.2 Å². The first kappa shape index (κ1) is 17.6. The third kappa shape index (κ3) is 3.53. The first-order valence-electron chi connectivity index (χ1n) is 8.67. The molecule has 0 aliphatic carbocycles. The zero-order valence-electron chi connectivity index (χ0n) is 15.0. The lowest BCUT2D eigenvalue weighted by atomic mass is 10.1. The molecule has 0 unspecified atom stereocenters. The Hall–Kier alpha value is -3.80. The lowest BCUT2D eigenvalue weighted by Gasteiger charge is -2.07. The Morgan fingerprint density at radius 2 is 1.89 bits per heavy atom. The Labute approximate surface area is 160 Å². The maximum atomic E-state index is 13.9. The van der Waals surface area contributed by atoms with Crippen LogP contribution in [0, 0.1) is 12.7 Å². The van der Waals surface area contributed by atoms with Crippen LogP contribution in [-0.2, 0) is 0 Å². The van der Waals surface area contributed by atoms with Crippen molar-refractivity contribution in [2.75, 3.05) is 5.32 Å². The number of hydrogen-bond acceptors (Lipinski definition) is 4. The molecule has 6 heteroatoms. The zero-order valence-corrected chi connectivity index (χ0v) is 15.0. The summed E-state index contributed by atoms with van der Waals surface area (Å²) in [6.07, 6.45) is 1.59. The molecule has 2 aromatic carbocycles. The van der Waals surface area contributed by atoms with E-state index in [1.54, 1.807) is 55.6 Å². The molecule has 28 heavy (non-hydrogen) atoms. The standard InChI is InChI=1S/C22H16FN3O2/c1-14-17(23)8-6-9-18(14)25-22-16(13-15-7-2-3-10-19(15)28-22)21(27)26-20-11-4-5-12-24-20/h2-13H,1H3,(H,24,26,27). The van der Waals surface area contributed by atoms with Gasteiger partial charge in [-0.25, -0.2) is 14.4 Å². The summed E-state index contributed by atoms with van der Waals surface area (Å²) in [4.78, 5) is 21.4. The average molecular weight is 373 g/mol. The van der Waals surface area contributed by atoms with E-state index in [-0.39, 0.29) is 16.9 Å². The summed E-state index contributed by atoms with van der Waals surface area (Å²) in [7, 11) is 0. The number of hydrogen-bond donors (Lipinski definition) is 1. The van der Waals surface area contributed by atoms with E-state index in [4.69, 9.17) is 4.42 Å². The van der Waals surface area contributed by atoms with Gasteiger partial charge in [0.15, 0.2) is 0 Å². The normalized spacial score (nSPS) is 11.6. The van der Waals surface area contributed by atoms with Crippen LogP contribution >= 0.6 is 0 Å². The third-order valence-corrected chi connectivity index (χ3v) is 4.27. The van der Waals surface area contributed by atoms with Crippen molar-refractivity contribution >= 4 is 28.4 Å². The molecule has 0 aliphatic heterocycles. The second-order valence-electron chi connectivity index (χ2n) is 6.17. The minimum Gasteiger partial charge on any atom is -0.438 e. The van der Waals surface area contributed by atoms with E-state index in [1.165, 1.54) is 6.07 Å². The quantitative estimate of drug-likeness (QED) is 0.563. The number of pyridine rings is 1. The van der Waals surface area contributed by atoms with Gasteiger partial charge in [0.1, 0.15) is 22.8 Å². The number of fused-ring (bicyclic) bond motifs is 1. The van der Waals surface area contributed by atoms with Gasteiger partial charge in [-0.15, -0.1) is 0 Å². The molecule has 0 fully saturated rings. The van der Waals surface area contributed by atoms with Crippen LogP contribution in [0.3, 0.4) is 0 Å². The molecule has 4 aromatic rings. The van der Waals surface area contributed by atoms with Crippen molar-refractivity contribution in [2.24, 2.45) is 4.99 Å². The maximum absolute atomic E-state index is 13.9. The number of nitrogens with one attached hydrogen (secondary N) is 1. The van der Waals surface area contributed by atoms with E-state index >= 15 is 0 Å². The second kappa shape index (κ2) is 7.44. The summed E-state index contributed by atoms with van der Waals surface area (Å²) < 4.78 is 19.8. The highest BCUT2D eigenvalue weighted by Crippen LogP contribution is 2.21. The van der Waals surface area contributed by atoms with Crippen LogP contribution in [0.15, 0.2) is 82.3 Å². The smallest absolute Gasteiger partial charge is 0.262 e. The van der Waals surface area contributed by atoms with Crippen molar-refractivity contribution in [1.82, 2.24) is 4.98 Å². The molecule has 2 aromatic heterocycles. The lowest BCUT2D eigenvalue weighted by molar-refractivity contribution is 0.102. The second-order valence-corrected chi connectivity index (χ2v) is 6.17. The molecule has 1 N–H and O–H groups in total. The summed E-state index contributed by atoms with van der Waals surface area (Å²) in [6.45, 7) is 1.63. The molecule has 0 spiro atoms. The SMILES string of the molecule is Cc1c(F)cccc1N=c1oc2ccccc2cc1C(=O)Nc1ccccn1. The molecular formula is C22H16FN3O2. The van der Waals surface area contributed by atoms with Crippen molar-refractivity contribution in [2.45, 2.75) is 6.92 Å². The molecule has 0 saturated heterocycles. The van der Waals surface area contributed by atoms with E-state index < -0.39 is 5.91 Å². The van der Waals surface area contributed by atoms with Crippen molar-refractivity contribution in [3.8, 4) is 0 Å². The Balaban J connectivity index is 1.89. The highest BCUT2D eigenvalue weighted by Gasteiger charge is 2.14. The number of carbonyl (C=O) groups is 1. The number of rotatable bonds is 3. The molecule has 0 saturated carbocycles. The van der Waals surface area contributed by atoms with Gasteiger partial charge < -0.3 is 9.73 Å². The van der Waals surface area contributed by atoms with Gasteiger partial charge in [0.05, 0.1) is 5.69 Å². The number of carbonyl (C=O) groups excluding carboxylic acids is 1. The Bertz CT molecular complexity index is 1230. The molecule has 138 valence electrons. The number of aromatic nitrogens is 1. The monoisotopic (exact) mass is 373 g/mol. The number of anilines is 1. The summed E-state index contributed by atoms with van der Waals surface area (Å²) in [5, 5.41) is 3.48. The number of amides is 1. The van der Waals surface area contributed by atoms with Gasteiger partial charge in [-0.05, 0) is 43.3 Å². The van der Waals surface area contributed by atoms with Gasteiger partial charge in [-0.3, -0.25) is 4.79 Å². The lowest BCUT2D eigenvalue weighted by Crippen LogP contribution is -2.22. The molecule has 1 amide bonds.